The van der Waals surface area contributed by atoms with Gasteiger partial charge in [-0.25, -0.2) is 17.1 Å². The molecule has 0 bridgehead atoms. The Kier molecular flexibility index (Phi) is 6.22. The van der Waals surface area contributed by atoms with E-state index in [1.165, 1.54) is 22.5 Å². The Bertz CT molecular complexity index is 561. The van der Waals surface area contributed by atoms with Crippen molar-refractivity contribution in [3.63, 3.8) is 0 Å². The third kappa shape index (κ3) is 4.30. The maximum absolute atomic E-state index is 13.0. The van der Waals surface area contributed by atoms with Crippen LogP contribution in [0, 0.1) is 5.82 Å². The summed E-state index contributed by atoms with van der Waals surface area (Å²) in [7, 11) is -3.39. The van der Waals surface area contributed by atoms with Crippen molar-refractivity contribution < 1.29 is 12.8 Å². The normalized spacial score (nSPS) is 17.8. The second-order valence-corrected chi connectivity index (χ2v) is 7.12. The Labute approximate surface area is 129 Å². The minimum Gasteiger partial charge on any atom is -0.328 e. The summed E-state index contributed by atoms with van der Waals surface area (Å²) < 4.78 is 38.9. The largest absolute Gasteiger partial charge is 0.328 e. The number of hydrogen-bond acceptors (Lipinski definition) is 3. The quantitative estimate of drug-likeness (QED) is 0.915. The van der Waals surface area contributed by atoms with Gasteiger partial charge in [-0.05, 0) is 30.5 Å². The second kappa shape index (κ2) is 7.04. The lowest BCUT2D eigenvalue weighted by molar-refractivity contribution is 0.319. The Morgan fingerprint density at radius 3 is 2.50 bits per heavy atom. The molecule has 4 nitrogen and oxygen atoms in total. The molecular weight excluding hydrogens is 326 g/mol. The second-order valence-electron chi connectivity index (χ2n) is 4.74. The number of sulfonamides is 1. The summed E-state index contributed by atoms with van der Waals surface area (Å²) in [6.07, 6.45) is 1.34. The molecule has 1 aromatic rings. The molecule has 0 atom stereocenters. The maximum Gasteiger partial charge on any atom is 0.218 e. The SMILES string of the molecule is Cl.NC1CCN(S(=O)(=O)Cc2ccc(F)c(Cl)c2)CC1. The first kappa shape index (κ1) is 17.7. The molecule has 2 N–H and O–H groups in total. The molecule has 8 heteroatoms. The topological polar surface area (TPSA) is 63.4 Å². The summed E-state index contributed by atoms with van der Waals surface area (Å²) in [5.41, 5.74) is 6.24. The first-order valence-corrected chi connectivity index (χ1v) is 8.04. The van der Waals surface area contributed by atoms with Crippen molar-refractivity contribution in [3.8, 4) is 0 Å². The number of halogens is 3. The lowest BCUT2D eigenvalue weighted by atomic mass is 10.1. The van der Waals surface area contributed by atoms with Crippen LogP contribution < -0.4 is 5.73 Å². The molecule has 0 saturated carbocycles. The molecule has 1 aliphatic rings. The Hall–Kier alpha value is -0.400. The Morgan fingerprint density at radius 2 is 1.95 bits per heavy atom. The van der Waals surface area contributed by atoms with E-state index in [1.807, 2.05) is 0 Å². The van der Waals surface area contributed by atoms with Gasteiger partial charge in [0.05, 0.1) is 10.8 Å². The van der Waals surface area contributed by atoms with Crippen molar-refractivity contribution in [2.24, 2.45) is 5.73 Å². The fraction of sp³-hybridized carbons (Fsp3) is 0.500. The first-order valence-electron chi connectivity index (χ1n) is 6.06. The molecule has 1 aliphatic heterocycles. The van der Waals surface area contributed by atoms with E-state index in [0.29, 0.717) is 31.5 Å². The molecule has 0 radical (unpaired) electrons. The monoisotopic (exact) mass is 342 g/mol. The van der Waals surface area contributed by atoms with Gasteiger partial charge in [0.15, 0.2) is 0 Å². The lowest BCUT2D eigenvalue weighted by Crippen LogP contribution is -2.43. The van der Waals surface area contributed by atoms with Crippen LogP contribution in [0.5, 0.6) is 0 Å². The van der Waals surface area contributed by atoms with Gasteiger partial charge in [-0.3, -0.25) is 0 Å². The number of benzene rings is 1. The predicted octanol–water partition coefficient (Wildman–Crippen LogP) is 2.15. The summed E-state index contributed by atoms with van der Waals surface area (Å²) in [5, 5.41) is -0.0617. The lowest BCUT2D eigenvalue weighted by Gasteiger charge is -2.29. The minimum absolute atomic E-state index is 0. The van der Waals surface area contributed by atoms with E-state index >= 15 is 0 Å². The van der Waals surface area contributed by atoms with Crippen LogP contribution in [0.15, 0.2) is 18.2 Å². The van der Waals surface area contributed by atoms with Crippen LogP contribution in [-0.2, 0) is 15.8 Å². The highest BCUT2D eigenvalue weighted by Gasteiger charge is 2.26. The number of hydrogen-bond donors (Lipinski definition) is 1. The van der Waals surface area contributed by atoms with E-state index in [0.717, 1.165) is 0 Å². The van der Waals surface area contributed by atoms with Crippen molar-refractivity contribution >= 4 is 34.0 Å². The molecule has 2 rings (SSSR count). The van der Waals surface area contributed by atoms with E-state index in [2.05, 4.69) is 0 Å². The smallest absolute Gasteiger partial charge is 0.218 e. The van der Waals surface area contributed by atoms with Gasteiger partial charge in [-0.1, -0.05) is 17.7 Å². The van der Waals surface area contributed by atoms with Crippen LogP contribution in [0.25, 0.3) is 0 Å². The highest BCUT2D eigenvalue weighted by molar-refractivity contribution is 7.88. The standard InChI is InChI=1S/C12H16ClFN2O2S.ClH/c13-11-7-9(1-2-12(11)14)8-19(17,18)16-5-3-10(15)4-6-16;/h1-2,7,10H,3-6,8,15H2;1H. The molecular formula is C12H17Cl2FN2O2S. The van der Waals surface area contributed by atoms with E-state index in [-0.39, 0.29) is 29.2 Å². The number of piperidine rings is 1. The average molecular weight is 343 g/mol. The summed E-state index contributed by atoms with van der Waals surface area (Å²) in [4.78, 5) is 0. The molecule has 1 aromatic carbocycles. The average Bonchev–Trinajstić information content (AvgIpc) is 2.34. The first-order chi connectivity index (χ1) is 8.88. The van der Waals surface area contributed by atoms with Crippen LogP contribution >= 0.6 is 24.0 Å². The van der Waals surface area contributed by atoms with Gasteiger partial charge in [-0.2, -0.15) is 0 Å². The van der Waals surface area contributed by atoms with E-state index < -0.39 is 15.8 Å². The molecule has 1 saturated heterocycles. The summed E-state index contributed by atoms with van der Waals surface area (Å²) in [5.74, 6) is -0.714. The van der Waals surface area contributed by atoms with Crippen molar-refractivity contribution in [2.75, 3.05) is 13.1 Å². The fourth-order valence-electron chi connectivity index (χ4n) is 2.09. The molecule has 0 aliphatic carbocycles. The predicted molar refractivity (Wildman–Crippen MR) is 80.1 cm³/mol. The zero-order valence-electron chi connectivity index (χ0n) is 10.8. The van der Waals surface area contributed by atoms with Gasteiger partial charge in [0.2, 0.25) is 10.0 Å². The summed E-state index contributed by atoms with van der Waals surface area (Å²) >= 11 is 5.65. The van der Waals surface area contributed by atoms with Gasteiger partial charge < -0.3 is 5.73 Å². The van der Waals surface area contributed by atoms with E-state index in [1.54, 1.807) is 0 Å². The third-order valence-corrected chi connectivity index (χ3v) is 5.36. The molecule has 0 spiro atoms. The number of nitrogens with two attached hydrogens (primary N) is 1. The van der Waals surface area contributed by atoms with Crippen molar-refractivity contribution in [2.45, 2.75) is 24.6 Å². The van der Waals surface area contributed by atoms with Crippen LogP contribution in [-0.4, -0.2) is 31.9 Å². The van der Waals surface area contributed by atoms with Crippen LogP contribution in [0.1, 0.15) is 18.4 Å². The molecule has 1 fully saturated rings. The molecule has 20 heavy (non-hydrogen) atoms. The fourth-order valence-corrected chi connectivity index (χ4v) is 3.84. The highest BCUT2D eigenvalue weighted by atomic mass is 35.5. The maximum atomic E-state index is 13.0. The van der Waals surface area contributed by atoms with Gasteiger partial charge in [0.1, 0.15) is 5.82 Å². The Morgan fingerprint density at radius 1 is 1.35 bits per heavy atom. The number of nitrogens with zero attached hydrogens (tertiary/aromatic N) is 1. The van der Waals surface area contributed by atoms with Crippen molar-refractivity contribution in [1.29, 1.82) is 0 Å². The zero-order chi connectivity index (χ0) is 14.0. The molecule has 1 heterocycles. The summed E-state index contributed by atoms with van der Waals surface area (Å²) in [6, 6.07) is 4.05. The third-order valence-electron chi connectivity index (χ3n) is 3.23. The zero-order valence-corrected chi connectivity index (χ0v) is 13.1. The van der Waals surface area contributed by atoms with Crippen LogP contribution in [0.2, 0.25) is 5.02 Å². The molecule has 0 aromatic heterocycles. The van der Waals surface area contributed by atoms with E-state index in [4.69, 9.17) is 17.3 Å². The number of rotatable bonds is 3. The molecule has 0 amide bonds. The van der Waals surface area contributed by atoms with Gasteiger partial charge >= 0.3 is 0 Å². The van der Waals surface area contributed by atoms with Gasteiger partial charge in [0.25, 0.3) is 0 Å². The summed E-state index contributed by atoms with van der Waals surface area (Å²) in [6.45, 7) is 0.886. The highest BCUT2D eigenvalue weighted by Crippen LogP contribution is 2.20. The molecule has 0 unspecified atom stereocenters. The van der Waals surface area contributed by atoms with E-state index in [9.17, 15) is 12.8 Å². The van der Waals surface area contributed by atoms with Crippen LogP contribution in [0.4, 0.5) is 4.39 Å². The minimum atomic E-state index is -3.39. The van der Waals surface area contributed by atoms with Gasteiger partial charge in [-0.15, -0.1) is 12.4 Å². The van der Waals surface area contributed by atoms with Gasteiger partial charge in [0, 0.05) is 19.1 Å². The molecule has 114 valence electrons. The Balaban J connectivity index is 0.00000200. The van der Waals surface area contributed by atoms with Crippen LogP contribution in [0.3, 0.4) is 0 Å². The van der Waals surface area contributed by atoms with Crippen molar-refractivity contribution in [3.05, 3.63) is 34.6 Å². The van der Waals surface area contributed by atoms with Crippen molar-refractivity contribution in [1.82, 2.24) is 4.31 Å².